The first-order valence-corrected chi connectivity index (χ1v) is 18.2. The van der Waals surface area contributed by atoms with Crippen LogP contribution < -0.4 is 21.3 Å². The summed E-state index contributed by atoms with van der Waals surface area (Å²) in [7, 11) is -2.15. The second-order valence-corrected chi connectivity index (χ2v) is 18.1. The molecule has 0 aromatic heterocycles. The van der Waals surface area contributed by atoms with Crippen LogP contribution in [0.15, 0.2) is 12.7 Å². The van der Waals surface area contributed by atoms with Crippen LogP contribution in [0.1, 0.15) is 68.2 Å². The Labute approximate surface area is 291 Å². The lowest BCUT2D eigenvalue weighted by Crippen LogP contribution is -2.63. The molecule has 0 aromatic rings. The third-order valence-electron chi connectivity index (χ3n) is 10.1. The van der Waals surface area contributed by atoms with Crippen molar-refractivity contribution in [1.82, 2.24) is 34.8 Å². The highest BCUT2D eigenvalue weighted by Crippen LogP contribution is 2.65. The van der Waals surface area contributed by atoms with Crippen LogP contribution in [0.25, 0.3) is 0 Å². The molecule has 274 valence electrons. The van der Waals surface area contributed by atoms with Gasteiger partial charge in [0.1, 0.15) is 18.1 Å². The van der Waals surface area contributed by atoms with Crippen LogP contribution in [-0.4, -0.2) is 115 Å². The number of hydrogen-bond acceptors (Lipinski definition) is 7. The molecule has 2 saturated heterocycles. The molecule has 0 spiro atoms. The summed E-state index contributed by atoms with van der Waals surface area (Å²) in [5, 5.41) is 10.8. The van der Waals surface area contributed by atoms with Crippen molar-refractivity contribution in [2.45, 2.75) is 92.4 Å². The predicted molar refractivity (Wildman–Crippen MR) is 186 cm³/mol. The van der Waals surface area contributed by atoms with E-state index in [1.165, 1.54) is 26.6 Å². The Morgan fingerprint density at radius 2 is 1.65 bits per heavy atom. The van der Waals surface area contributed by atoms with Gasteiger partial charge in [0.2, 0.25) is 17.6 Å². The van der Waals surface area contributed by atoms with Gasteiger partial charge in [0.05, 0.1) is 0 Å². The van der Waals surface area contributed by atoms with E-state index in [0.717, 1.165) is 0 Å². The Bertz CT molecular complexity index is 1470. The number of nitrogens with one attached hydrogen (secondary N) is 4. The van der Waals surface area contributed by atoms with E-state index in [0.29, 0.717) is 19.5 Å². The monoisotopic (exact) mass is 705 g/mol. The van der Waals surface area contributed by atoms with Crippen molar-refractivity contribution in [1.29, 1.82) is 0 Å². The van der Waals surface area contributed by atoms with Gasteiger partial charge in [-0.15, -0.1) is 18.9 Å². The SMILES string of the molecule is C#CCC(NC(=O)[C@@H]1[C@@H]2[C@H](CN1C(=O)[C@@H](NC(=O)N[C@H](CN1CCCN(C)S1(=O)=O)C(C)(C)C)C(C)(C)C)C2(C)C)C(=O)C(=O)NCC=C. The number of fused-ring (bicyclic) bond motifs is 1. The molecule has 0 radical (unpaired) electrons. The zero-order valence-corrected chi connectivity index (χ0v) is 31.2. The normalized spacial score (nSPS) is 25.1. The first-order valence-electron chi connectivity index (χ1n) is 16.8. The number of amides is 5. The summed E-state index contributed by atoms with van der Waals surface area (Å²) < 4.78 is 28.6. The molecule has 3 aliphatic rings. The first kappa shape index (κ1) is 40.0. The maximum absolute atomic E-state index is 14.3. The molecule has 14 nitrogen and oxygen atoms in total. The van der Waals surface area contributed by atoms with E-state index in [4.69, 9.17) is 6.42 Å². The average molecular weight is 706 g/mol. The van der Waals surface area contributed by atoms with Crippen LogP contribution in [0.4, 0.5) is 4.79 Å². The van der Waals surface area contributed by atoms with Gasteiger partial charge in [-0.25, -0.2) is 4.79 Å². The molecular formula is C34H55N7O7S. The zero-order chi connectivity index (χ0) is 37.3. The van der Waals surface area contributed by atoms with Crippen molar-refractivity contribution < 1.29 is 32.4 Å². The Balaban J connectivity index is 1.83. The second kappa shape index (κ2) is 14.8. The van der Waals surface area contributed by atoms with Crippen molar-refractivity contribution in [3.8, 4) is 12.3 Å². The summed E-state index contributed by atoms with van der Waals surface area (Å²) in [6.45, 7) is 19.7. The van der Waals surface area contributed by atoms with Gasteiger partial charge in [0.15, 0.2) is 0 Å². The lowest BCUT2D eigenvalue weighted by Gasteiger charge is -2.40. The minimum Gasteiger partial charge on any atom is -0.346 e. The maximum Gasteiger partial charge on any atom is 0.315 e. The van der Waals surface area contributed by atoms with Gasteiger partial charge in [-0.2, -0.15) is 17.0 Å². The summed E-state index contributed by atoms with van der Waals surface area (Å²) in [4.78, 5) is 68.6. The molecule has 1 aliphatic carbocycles. The van der Waals surface area contributed by atoms with E-state index in [-0.39, 0.29) is 43.3 Å². The standard InChI is InChI=1S/C34H55N7O7S/c1-12-15-22(26(42)29(44)35-16-13-2)36-28(43)25-24-21(34(24,9)10)19-41(25)30(45)27(33(6,7)8)38-31(46)37-23(32(3,4)5)20-40-18-14-17-39(11)49(40,47)48/h1,13,21-25,27H,2,14-20H2,3-11H3,(H,35,44)(H,36,43)(H2,37,38,46)/t21-,22?,23+,24-,25-,27+/m0/s1. The lowest BCUT2D eigenvalue weighted by molar-refractivity contribution is -0.145. The molecule has 5 amide bonds. The molecule has 4 N–H and O–H groups in total. The highest BCUT2D eigenvalue weighted by atomic mass is 32.2. The molecule has 15 heteroatoms. The molecule has 6 atom stereocenters. The average Bonchev–Trinajstić information content (AvgIpc) is 3.30. The van der Waals surface area contributed by atoms with Gasteiger partial charge in [-0.3, -0.25) is 19.2 Å². The number of hydrogen-bond donors (Lipinski definition) is 4. The molecule has 2 heterocycles. The number of rotatable bonds is 12. The van der Waals surface area contributed by atoms with Crippen LogP contribution in [0.3, 0.4) is 0 Å². The topological polar surface area (TPSA) is 177 Å². The van der Waals surface area contributed by atoms with Crippen molar-refractivity contribution in [2.75, 3.05) is 39.8 Å². The third-order valence-corrected chi connectivity index (χ3v) is 12.0. The largest absolute Gasteiger partial charge is 0.346 e. The van der Waals surface area contributed by atoms with Gasteiger partial charge < -0.3 is 26.2 Å². The summed E-state index contributed by atoms with van der Waals surface area (Å²) in [6.07, 6.45) is 7.32. The lowest BCUT2D eigenvalue weighted by atomic mass is 9.85. The van der Waals surface area contributed by atoms with Crippen molar-refractivity contribution in [2.24, 2.45) is 28.1 Å². The number of urea groups is 1. The Morgan fingerprint density at radius 1 is 1.02 bits per heavy atom. The molecule has 49 heavy (non-hydrogen) atoms. The fraction of sp³-hybridized carbons (Fsp3) is 0.735. The summed E-state index contributed by atoms with van der Waals surface area (Å²) in [6, 6.07) is -4.57. The number of nitrogens with zero attached hydrogens (tertiary/aromatic N) is 3. The van der Waals surface area contributed by atoms with Crippen molar-refractivity contribution in [3.63, 3.8) is 0 Å². The Kier molecular flexibility index (Phi) is 12.1. The fourth-order valence-electron chi connectivity index (χ4n) is 6.78. The predicted octanol–water partition coefficient (Wildman–Crippen LogP) is 0.860. The summed E-state index contributed by atoms with van der Waals surface area (Å²) >= 11 is 0. The van der Waals surface area contributed by atoms with Crippen LogP contribution in [0.5, 0.6) is 0 Å². The molecule has 1 saturated carbocycles. The second-order valence-electron chi connectivity index (χ2n) is 16.1. The van der Waals surface area contributed by atoms with E-state index in [9.17, 15) is 32.4 Å². The van der Waals surface area contributed by atoms with Gasteiger partial charge in [-0.1, -0.05) is 61.5 Å². The Hall–Kier alpha value is -3.48. The number of carbonyl (C=O) groups excluding carboxylic acids is 5. The van der Waals surface area contributed by atoms with Crippen LogP contribution in [-0.2, 0) is 29.4 Å². The molecule has 3 rings (SSSR count). The zero-order valence-electron chi connectivity index (χ0n) is 30.4. The van der Waals surface area contributed by atoms with Crippen LogP contribution in [0, 0.1) is 40.4 Å². The number of carbonyl (C=O) groups is 5. The summed E-state index contributed by atoms with van der Waals surface area (Å²) in [5.74, 6) is -0.755. The molecule has 0 aromatic carbocycles. The number of piperidine rings is 1. The quantitative estimate of drug-likeness (QED) is 0.132. The maximum atomic E-state index is 14.3. The first-order chi connectivity index (χ1) is 22.5. The van der Waals surface area contributed by atoms with Crippen LogP contribution in [0.2, 0.25) is 0 Å². The van der Waals surface area contributed by atoms with Gasteiger partial charge in [-0.05, 0) is 34.5 Å². The third kappa shape index (κ3) is 8.82. The number of terminal acetylenes is 1. The van der Waals surface area contributed by atoms with E-state index < -0.39 is 74.7 Å². The number of likely N-dealkylation sites (tertiary alicyclic amines) is 1. The smallest absolute Gasteiger partial charge is 0.315 e. The molecule has 3 fully saturated rings. The highest BCUT2D eigenvalue weighted by molar-refractivity contribution is 7.86. The molecule has 1 unspecified atom stereocenters. The minimum atomic E-state index is -3.68. The van der Waals surface area contributed by atoms with E-state index in [1.807, 2.05) is 34.6 Å². The van der Waals surface area contributed by atoms with Crippen molar-refractivity contribution in [3.05, 3.63) is 12.7 Å². The van der Waals surface area contributed by atoms with Crippen LogP contribution >= 0.6 is 0 Å². The van der Waals surface area contributed by atoms with Gasteiger partial charge >= 0.3 is 6.03 Å². The van der Waals surface area contributed by atoms with Gasteiger partial charge in [0.25, 0.3) is 16.1 Å². The van der Waals surface area contributed by atoms with E-state index >= 15 is 0 Å². The highest BCUT2D eigenvalue weighted by Gasteiger charge is 2.70. The Morgan fingerprint density at radius 3 is 2.20 bits per heavy atom. The molecule has 0 bridgehead atoms. The minimum absolute atomic E-state index is 0.00853. The molecule has 2 aliphatic heterocycles. The number of ketones is 1. The van der Waals surface area contributed by atoms with Crippen molar-refractivity contribution >= 4 is 39.7 Å². The van der Waals surface area contributed by atoms with Gasteiger partial charge in [0, 0.05) is 52.2 Å². The number of Topliss-reactive ketones (excluding diaryl/α,β-unsaturated/α-hetero) is 1. The van der Waals surface area contributed by atoms with E-state index in [1.54, 1.807) is 20.8 Å². The fourth-order valence-corrected chi connectivity index (χ4v) is 8.23. The molecular weight excluding hydrogens is 650 g/mol. The summed E-state index contributed by atoms with van der Waals surface area (Å²) in [5.41, 5.74) is -1.58. The van der Waals surface area contributed by atoms with E-state index in [2.05, 4.69) is 33.8 Å².